The minimum atomic E-state index is -4.81. The summed E-state index contributed by atoms with van der Waals surface area (Å²) in [5.74, 6) is -1.86. The SMILES string of the molecule is O=C(O)CCc1ccc(OCC(F)(F)F)cc1C(F)(F)F. The van der Waals surface area contributed by atoms with Gasteiger partial charge < -0.3 is 9.84 Å². The Kier molecular flexibility index (Phi) is 5.08. The Hall–Kier alpha value is -1.93. The van der Waals surface area contributed by atoms with Gasteiger partial charge in [0.15, 0.2) is 6.61 Å². The largest absolute Gasteiger partial charge is 0.484 e. The first-order valence-corrected chi connectivity index (χ1v) is 5.60. The second-order valence-electron chi connectivity index (χ2n) is 4.11. The molecule has 0 aliphatic heterocycles. The predicted octanol–water partition coefficient (Wildman–Crippen LogP) is 3.66. The van der Waals surface area contributed by atoms with E-state index in [0.29, 0.717) is 6.07 Å². The number of aryl methyl sites for hydroxylation is 1. The monoisotopic (exact) mass is 316 g/mol. The fraction of sp³-hybridized carbons (Fsp3) is 0.417. The van der Waals surface area contributed by atoms with Crippen LogP contribution >= 0.6 is 0 Å². The summed E-state index contributed by atoms with van der Waals surface area (Å²) in [5, 5.41) is 8.47. The fourth-order valence-corrected chi connectivity index (χ4v) is 1.53. The smallest absolute Gasteiger partial charge is 0.422 e. The van der Waals surface area contributed by atoms with E-state index in [0.717, 1.165) is 12.1 Å². The van der Waals surface area contributed by atoms with Gasteiger partial charge in [0.25, 0.3) is 0 Å². The van der Waals surface area contributed by atoms with Crippen LogP contribution in [0.5, 0.6) is 5.75 Å². The van der Waals surface area contributed by atoms with Gasteiger partial charge in [-0.2, -0.15) is 26.3 Å². The number of carboxylic acids is 1. The van der Waals surface area contributed by atoms with E-state index in [1.54, 1.807) is 0 Å². The zero-order valence-corrected chi connectivity index (χ0v) is 10.4. The van der Waals surface area contributed by atoms with Crippen LogP contribution in [0.25, 0.3) is 0 Å². The quantitative estimate of drug-likeness (QED) is 0.843. The van der Waals surface area contributed by atoms with E-state index in [9.17, 15) is 31.1 Å². The number of alkyl halides is 6. The van der Waals surface area contributed by atoms with Gasteiger partial charge in [-0.05, 0) is 24.1 Å². The van der Waals surface area contributed by atoms with Crippen molar-refractivity contribution in [2.24, 2.45) is 0 Å². The minimum absolute atomic E-state index is 0.316. The van der Waals surface area contributed by atoms with Crippen molar-refractivity contribution in [3.63, 3.8) is 0 Å². The van der Waals surface area contributed by atoms with E-state index in [2.05, 4.69) is 4.74 Å². The summed E-state index contributed by atoms with van der Waals surface area (Å²) >= 11 is 0. The molecule has 1 N–H and O–H groups in total. The number of carbonyl (C=O) groups is 1. The van der Waals surface area contributed by atoms with Gasteiger partial charge >= 0.3 is 18.3 Å². The lowest BCUT2D eigenvalue weighted by Crippen LogP contribution is -2.19. The summed E-state index contributed by atoms with van der Waals surface area (Å²) in [7, 11) is 0. The van der Waals surface area contributed by atoms with Crippen LogP contribution < -0.4 is 4.74 Å². The van der Waals surface area contributed by atoms with E-state index in [1.165, 1.54) is 0 Å². The first kappa shape index (κ1) is 17.1. The first-order chi connectivity index (χ1) is 9.49. The van der Waals surface area contributed by atoms with Crippen molar-refractivity contribution in [3.05, 3.63) is 29.3 Å². The van der Waals surface area contributed by atoms with Gasteiger partial charge in [-0.3, -0.25) is 4.79 Å². The molecule has 1 rings (SSSR count). The third-order valence-corrected chi connectivity index (χ3v) is 2.40. The Morgan fingerprint density at radius 3 is 2.24 bits per heavy atom. The van der Waals surface area contributed by atoms with Crippen molar-refractivity contribution < 1.29 is 41.0 Å². The van der Waals surface area contributed by atoms with Crippen LogP contribution in [0.1, 0.15) is 17.5 Å². The molecule has 1 aromatic rings. The lowest BCUT2D eigenvalue weighted by Gasteiger charge is -2.15. The van der Waals surface area contributed by atoms with E-state index < -0.39 is 42.7 Å². The molecule has 0 saturated carbocycles. The molecule has 3 nitrogen and oxygen atoms in total. The molecule has 0 amide bonds. The Bertz CT molecular complexity index is 507. The number of ether oxygens (including phenoxy) is 1. The summed E-state index contributed by atoms with van der Waals surface area (Å²) in [6.45, 7) is -1.71. The highest BCUT2D eigenvalue weighted by atomic mass is 19.4. The lowest BCUT2D eigenvalue weighted by atomic mass is 10.0. The molecule has 118 valence electrons. The number of rotatable bonds is 5. The average Bonchev–Trinajstić information content (AvgIpc) is 2.32. The highest BCUT2D eigenvalue weighted by Gasteiger charge is 2.34. The first-order valence-electron chi connectivity index (χ1n) is 5.60. The molecule has 0 heterocycles. The lowest BCUT2D eigenvalue weighted by molar-refractivity contribution is -0.153. The standard InChI is InChI=1S/C12H10F6O3/c13-11(14,15)6-21-8-3-1-7(2-4-10(19)20)9(5-8)12(16,17)18/h1,3,5H,2,4,6H2,(H,19,20). The highest BCUT2D eigenvalue weighted by Crippen LogP contribution is 2.35. The van der Waals surface area contributed by atoms with Crippen LogP contribution in [0.4, 0.5) is 26.3 Å². The van der Waals surface area contributed by atoms with Gasteiger partial charge in [-0.25, -0.2) is 0 Å². The summed E-state index contributed by atoms with van der Waals surface area (Å²) in [4.78, 5) is 10.4. The Balaban J connectivity index is 2.99. The average molecular weight is 316 g/mol. The molecule has 0 aliphatic rings. The third kappa shape index (κ3) is 5.92. The summed E-state index contributed by atoms with van der Waals surface area (Å²) in [5.41, 5.74) is -1.52. The van der Waals surface area contributed by atoms with Crippen molar-refractivity contribution >= 4 is 5.97 Å². The Labute approximate surface area is 115 Å². The highest BCUT2D eigenvalue weighted by molar-refractivity contribution is 5.67. The van der Waals surface area contributed by atoms with Crippen LogP contribution in [0, 0.1) is 0 Å². The molecule has 9 heteroatoms. The van der Waals surface area contributed by atoms with Crippen molar-refractivity contribution in [2.45, 2.75) is 25.2 Å². The third-order valence-electron chi connectivity index (χ3n) is 2.40. The van der Waals surface area contributed by atoms with Crippen molar-refractivity contribution in [2.75, 3.05) is 6.61 Å². The minimum Gasteiger partial charge on any atom is -0.484 e. The number of aliphatic carboxylic acids is 1. The predicted molar refractivity (Wildman–Crippen MR) is 59.0 cm³/mol. The Morgan fingerprint density at radius 2 is 1.76 bits per heavy atom. The molecule has 0 aromatic heterocycles. The van der Waals surface area contributed by atoms with Crippen LogP contribution in [-0.4, -0.2) is 23.9 Å². The zero-order valence-electron chi connectivity index (χ0n) is 10.4. The van der Waals surface area contributed by atoms with Gasteiger partial charge in [0.1, 0.15) is 5.75 Å². The van der Waals surface area contributed by atoms with Crippen LogP contribution in [0.2, 0.25) is 0 Å². The number of carboxylic acid groups (broad SMARTS) is 1. The normalized spacial score (nSPS) is 12.3. The van der Waals surface area contributed by atoms with E-state index in [1.807, 2.05) is 0 Å². The topological polar surface area (TPSA) is 46.5 Å². The molecule has 1 aromatic carbocycles. The van der Waals surface area contributed by atoms with Gasteiger partial charge in [0, 0.05) is 6.42 Å². The zero-order chi connectivity index (χ0) is 16.3. The second kappa shape index (κ2) is 6.23. The number of halogens is 6. The van der Waals surface area contributed by atoms with E-state index >= 15 is 0 Å². The molecule has 0 atom stereocenters. The molecule has 0 aliphatic carbocycles. The second-order valence-corrected chi connectivity index (χ2v) is 4.11. The number of hydrogen-bond acceptors (Lipinski definition) is 2. The maximum absolute atomic E-state index is 12.8. The summed E-state index contributed by atoms with van der Waals surface area (Å²) < 4.78 is 78.5. The van der Waals surface area contributed by atoms with Crippen LogP contribution in [0.15, 0.2) is 18.2 Å². The molecule has 0 fully saturated rings. The fourth-order valence-electron chi connectivity index (χ4n) is 1.53. The van der Waals surface area contributed by atoms with Crippen molar-refractivity contribution in [1.29, 1.82) is 0 Å². The molecular formula is C12H10F6O3. The van der Waals surface area contributed by atoms with Crippen LogP contribution in [-0.2, 0) is 17.4 Å². The number of benzene rings is 1. The van der Waals surface area contributed by atoms with Crippen molar-refractivity contribution in [3.8, 4) is 5.75 Å². The summed E-state index contributed by atoms with van der Waals surface area (Å²) in [6.07, 6.45) is -10.4. The number of hydrogen-bond donors (Lipinski definition) is 1. The van der Waals surface area contributed by atoms with E-state index in [4.69, 9.17) is 5.11 Å². The van der Waals surface area contributed by atoms with Gasteiger partial charge in [0.05, 0.1) is 5.56 Å². The van der Waals surface area contributed by atoms with Gasteiger partial charge in [0.2, 0.25) is 0 Å². The maximum atomic E-state index is 12.8. The van der Waals surface area contributed by atoms with Crippen LogP contribution in [0.3, 0.4) is 0 Å². The Morgan fingerprint density at radius 1 is 1.14 bits per heavy atom. The molecule has 0 saturated heterocycles. The molecule has 21 heavy (non-hydrogen) atoms. The van der Waals surface area contributed by atoms with Gasteiger partial charge in [-0.15, -0.1) is 0 Å². The summed E-state index contributed by atoms with van der Waals surface area (Å²) in [6, 6.07) is 2.29. The molecule has 0 unspecified atom stereocenters. The van der Waals surface area contributed by atoms with Crippen molar-refractivity contribution in [1.82, 2.24) is 0 Å². The van der Waals surface area contributed by atoms with E-state index in [-0.39, 0.29) is 12.0 Å². The molecule has 0 radical (unpaired) electrons. The van der Waals surface area contributed by atoms with Gasteiger partial charge in [-0.1, -0.05) is 6.07 Å². The molecule has 0 spiro atoms. The molecule has 0 bridgehead atoms. The molecular weight excluding hydrogens is 306 g/mol. The maximum Gasteiger partial charge on any atom is 0.422 e.